The molecule has 1 aromatic carbocycles. The van der Waals surface area contributed by atoms with Gasteiger partial charge in [0.05, 0.1) is 0 Å². The zero-order chi connectivity index (χ0) is 11.3. The smallest absolute Gasteiger partial charge is 0.132 e. The molecule has 2 nitrogen and oxygen atoms in total. The molecule has 2 N–H and O–H groups in total. The highest BCUT2D eigenvalue weighted by atomic mass is 16.1. The zero-order valence-corrected chi connectivity index (χ0v) is 9.44. The molecule has 15 heavy (non-hydrogen) atoms. The largest absolute Gasteiger partial charge is 0.327 e. The van der Waals surface area contributed by atoms with Crippen LogP contribution in [0.5, 0.6) is 0 Å². The summed E-state index contributed by atoms with van der Waals surface area (Å²) in [4.78, 5) is 11.1. The van der Waals surface area contributed by atoms with Crippen LogP contribution in [0.25, 0.3) is 0 Å². The Hall–Kier alpha value is -1.15. The Morgan fingerprint density at radius 3 is 2.47 bits per heavy atom. The quantitative estimate of drug-likeness (QED) is 0.800. The molecule has 1 rings (SSSR count). The average Bonchev–Trinajstić information content (AvgIpc) is 2.18. The monoisotopic (exact) mass is 205 g/mol. The van der Waals surface area contributed by atoms with Gasteiger partial charge in [0.15, 0.2) is 0 Å². The Labute approximate surface area is 91.5 Å². The molecule has 0 radical (unpaired) electrons. The molecule has 0 heterocycles. The number of carbonyl (C=O) groups is 1. The summed E-state index contributed by atoms with van der Waals surface area (Å²) in [7, 11) is 0. The van der Waals surface area contributed by atoms with E-state index in [1.807, 2.05) is 25.1 Å². The van der Waals surface area contributed by atoms with E-state index in [4.69, 9.17) is 5.73 Å². The van der Waals surface area contributed by atoms with Crippen LogP contribution in [0.2, 0.25) is 0 Å². The predicted molar refractivity (Wildman–Crippen MR) is 62.6 cm³/mol. The van der Waals surface area contributed by atoms with E-state index in [2.05, 4.69) is 12.1 Å². The SMILES string of the molecule is CC(=O)[C@@H](C)C[C@@H](N)Cc1ccccc1. The van der Waals surface area contributed by atoms with Crippen molar-refractivity contribution in [2.75, 3.05) is 0 Å². The summed E-state index contributed by atoms with van der Waals surface area (Å²) in [5.74, 6) is 0.294. The maximum Gasteiger partial charge on any atom is 0.132 e. The predicted octanol–water partition coefficient (Wildman–Crippen LogP) is 2.17. The van der Waals surface area contributed by atoms with Crippen molar-refractivity contribution in [3.63, 3.8) is 0 Å². The van der Waals surface area contributed by atoms with Gasteiger partial charge in [0, 0.05) is 12.0 Å². The third-order valence-electron chi connectivity index (χ3n) is 2.69. The van der Waals surface area contributed by atoms with E-state index in [0.717, 1.165) is 12.8 Å². The van der Waals surface area contributed by atoms with Gasteiger partial charge >= 0.3 is 0 Å². The van der Waals surface area contributed by atoms with Crippen LogP contribution in [-0.4, -0.2) is 11.8 Å². The van der Waals surface area contributed by atoms with Crippen LogP contribution in [0, 0.1) is 5.92 Å². The van der Waals surface area contributed by atoms with Crippen LogP contribution in [-0.2, 0) is 11.2 Å². The highest BCUT2D eigenvalue weighted by Gasteiger charge is 2.12. The number of Topliss-reactive ketones (excluding diaryl/α,β-unsaturated/α-hetero) is 1. The van der Waals surface area contributed by atoms with Crippen molar-refractivity contribution in [3.8, 4) is 0 Å². The van der Waals surface area contributed by atoms with Crippen LogP contribution in [0.15, 0.2) is 30.3 Å². The summed E-state index contributed by atoms with van der Waals surface area (Å²) in [6.07, 6.45) is 1.61. The number of hydrogen-bond donors (Lipinski definition) is 1. The second kappa shape index (κ2) is 5.66. The van der Waals surface area contributed by atoms with Crippen molar-refractivity contribution < 1.29 is 4.79 Å². The minimum Gasteiger partial charge on any atom is -0.327 e. The average molecular weight is 205 g/mol. The van der Waals surface area contributed by atoms with E-state index >= 15 is 0 Å². The van der Waals surface area contributed by atoms with Crippen LogP contribution in [0.3, 0.4) is 0 Å². The summed E-state index contributed by atoms with van der Waals surface area (Å²) in [6.45, 7) is 3.56. The fourth-order valence-corrected chi connectivity index (χ4v) is 1.62. The van der Waals surface area contributed by atoms with Crippen molar-refractivity contribution in [1.82, 2.24) is 0 Å². The molecule has 2 heteroatoms. The van der Waals surface area contributed by atoms with E-state index < -0.39 is 0 Å². The zero-order valence-electron chi connectivity index (χ0n) is 9.44. The van der Waals surface area contributed by atoms with Gasteiger partial charge in [-0.25, -0.2) is 0 Å². The highest BCUT2D eigenvalue weighted by Crippen LogP contribution is 2.10. The Bertz CT molecular complexity index is 308. The van der Waals surface area contributed by atoms with Gasteiger partial charge in [0.1, 0.15) is 5.78 Å². The minimum absolute atomic E-state index is 0.0729. The molecular formula is C13H19NO. The highest BCUT2D eigenvalue weighted by molar-refractivity contribution is 5.77. The summed E-state index contributed by atoms with van der Waals surface area (Å²) in [5, 5.41) is 0. The molecule has 0 fully saturated rings. The topological polar surface area (TPSA) is 43.1 Å². The first-order chi connectivity index (χ1) is 7.09. The summed E-state index contributed by atoms with van der Waals surface area (Å²) in [6, 6.07) is 10.2. The standard InChI is InChI=1S/C13H19NO/c1-10(11(2)15)8-13(14)9-12-6-4-3-5-7-12/h3-7,10,13H,8-9,14H2,1-2H3/t10-,13+/m0/s1. The molecule has 0 amide bonds. The number of rotatable bonds is 5. The van der Waals surface area contributed by atoms with Crippen molar-refractivity contribution in [2.24, 2.45) is 11.7 Å². The molecule has 0 saturated heterocycles. The maximum atomic E-state index is 11.1. The molecule has 0 spiro atoms. The number of hydrogen-bond acceptors (Lipinski definition) is 2. The molecule has 0 unspecified atom stereocenters. The molecule has 0 aliphatic carbocycles. The van der Waals surface area contributed by atoms with Crippen molar-refractivity contribution in [3.05, 3.63) is 35.9 Å². The van der Waals surface area contributed by atoms with Crippen LogP contribution in [0.1, 0.15) is 25.8 Å². The van der Waals surface area contributed by atoms with Crippen molar-refractivity contribution in [2.45, 2.75) is 32.7 Å². The molecule has 0 bridgehead atoms. The second-order valence-corrected chi connectivity index (χ2v) is 4.20. The van der Waals surface area contributed by atoms with Crippen molar-refractivity contribution >= 4 is 5.78 Å². The second-order valence-electron chi connectivity index (χ2n) is 4.20. The number of carbonyl (C=O) groups excluding carboxylic acids is 1. The summed E-state index contributed by atoms with van der Waals surface area (Å²) < 4.78 is 0. The number of ketones is 1. The van der Waals surface area contributed by atoms with Gasteiger partial charge in [-0.2, -0.15) is 0 Å². The van der Waals surface area contributed by atoms with E-state index in [0.29, 0.717) is 0 Å². The van der Waals surface area contributed by atoms with E-state index in [1.54, 1.807) is 6.92 Å². The molecule has 0 aliphatic rings. The molecule has 1 aromatic rings. The molecule has 82 valence electrons. The van der Waals surface area contributed by atoms with Gasteiger partial charge in [-0.3, -0.25) is 4.79 Å². The fraction of sp³-hybridized carbons (Fsp3) is 0.462. The molecule has 0 aliphatic heterocycles. The lowest BCUT2D eigenvalue weighted by Gasteiger charge is -2.15. The Balaban J connectivity index is 2.43. The Morgan fingerprint density at radius 2 is 1.93 bits per heavy atom. The van der Waals surface area contributed by atoms with Crippen LogP contribution >= 0.6 is 0 Å². The third kappa shape index (κ3) is 4.26. The number of benzene rings is 1. The first-order valence-electron chi connectivity index (χ1n) is 5.39. The normalized spacial score (nSPS) is 14.6. The molecule has 0 saturated carbocycles. The van der Waals surface area contributed by atoms with Gasteiger partial charge in [-0.1, -0.05) is 37.3 Å². The van der Waals surface area contributed by atoms with Gasteiger partial charge in [-0.05, 0) is 25.3 Å². The van der Waals surface area contributed by atoms with Gasteiger partial charge in [0.2, 0.25) is 0 Å². The Kier molecular flexibility index (Phi) is 4.50. The van der Waals surface area contributed by atoms with Crippen molar-refractivity contribution in [1.29, 1.82) is 0 Å². The van der Waals surface area contributed by atoms with Gasteiger partial charge in [-0.15, -0.1) is 0 Å². The van der Waals surface area contributed by atoms with Crippen LogP contribution in [0.4, 0.5) is 0 Å². The lowest BCUT2D eigenvalue weighted by atomic mass is 9.95. The van der Waals surface area contributed by atoms with E-state index in [1.165, 1.54) is 5.56 Å². The van der Waals surface area contributed by atoms with Gasteiger partial charge in [0.25, 0.3) is 0 Å². The van der Waals surface area contributed by atoms with Crippen LogP contribution < -0.4 is 5.73 Å². The van der Waals surface area contributed by atoms with E-state index in [9.17, 15) is 4.79 Å². The van der Waals surface area contributed by atoms with E-state index in [-0.39, 0.29) is 17.7 Å². The fourth-order valence-electron chi connectivity index (χ4n) is 1.62. The molecule has 0 aromatic heterocycles. The summed E-state index contributed by atoms with van der Waals surface area (Å²) >= 11 is 0. The lowest BCUT2D eigenvalue weighted by molar-refractivity contribution is -0.120. The lowest BCUT2D eigenvalue weighted by Crippen LogP contribution is -2.27. The molecular weight excluding hydrogens is 186 g/mol. The summed E-state index contributed by atoms with van der Waals surface area (Å²) in [5.41, 5.74) is 7.23. The maximum absolute atomic E-state index is 11.1. The first-order valence-corrected chi connectivity index (χ1v) is 5.39. The Morgan fingerprint density at radius 1 is 1.33 bits per heavy atom. The first kappa shape index (κ1) is 11.9. The molecule has 2 atom stereocenters. The third-order valence-corrected chi connectivity index (χ3v) is 2.69. The minimum atomic E-state index is 0.0729. The van der Waals surface area contributed by atoms with Gasteiger partial charge < -0.3 is 5.73 Å². The number of nitrogens with two attached hydrogens (primary N) is 1.